The number of ether oxygens (including phenoxy) is 1. The summed E-state index contributed by atoms with van der Waals surface area (Å²) < 4.78 is 43.8. The molecular formula is C18H16ClF3N4O5. The molecule has 3 amide bonds. The van der Waals surface area contributed by atoms with Gasteiger partial charge in [-0.25, -0.2) is 4.79 Å². The van der Waals surface area contributed by atoms with Gasteiger partial charge in [0.15, 0.2) is 0 Å². The predicted molar refractivity (Wildman–Crippen MR) is 105 cm³/mol. The maximum Gasteiger partial charge on any atom is 0.416 e. The monoisotopic (exact) mass is 460 g/mol. The van der Waals surface area contributed by atoms with Gasteiger partial charge in [0, 0.05) is 25.6 Å². The van der Waals surface area contributed by atoms with Crippen LogP contribution in [0.2, 0.25) is 5.02 Å². The highest BCUT2D eigenvalue weighted by Crippen LogP contribution is 2.38. The molecule has 0 unspecified atom stereocenters. The summed E-state index contributed by atoms with van der Waals surface area (Å²) in [5.41, 5.74) is 0.313. The third-order valence-electron chi connectivity index (χ3n) is 3.67. The van der Waals surface area contributed by atoms with Crippen molar-refractivity contribution in [2.24, 2.45) is 0 Å². The first kappa shape index (κ1) is 23.7. The summed E-state index contributed by atoms with van der Waals surface area (Å²) >= 11 is 5.87. The highest BCUT2D eigenvalue weighted by molar-refractivity contribution is 6.32. The van der Waals surface area contributed by atoms with Crippen molar-refractivity contribution < 1.29 is 32.4 Å². The van der Waals surface area contributed by atoms with Crippen molar-refractivity contribution in [3.8, 4) is 11.5 Å². The van der Waals surface area contributed by atoms with Gasteiger partial charge in [-0.05, 0) is 31.2 Å². The second-order valence-electron chi connectivity index (χ2n) is 5.99. The van der Waals surface area contributed by atoms with E-state index in [0.29, 0.717) is 11.1 Å². The van der Waals surface area contributed by atoms with E-state index in [2.05, 4.69) is 10.7 Å². The number of rotatable bonds is 5. The molecule has 166 valence electrons. The van der Waals surface area contributed by atoms with Crippen LogP contribution in [0.25, 0.3) is 0 Å². The summed E-state index contributed by atoms with van der Waals surface area (Å²) in [6.45, 7) is 2.87. The van der Waals surface area contributed by atoms with E-state index in [1.807, 2.05) is 0 Å². The van der Waals surface area contributed by atoms with Crippen molar-refractivity contribution in [2.75, 3.05) is 11.6 Å². The van der Waals surface area contributed by atoms with Crippen molar-refractivity contribution in [3.05, 3.63) is 57.1 Å². The fourth-order valence-electron chi connectivity index (χ4n) is 2.40. The van der Waals surface area contributed by atoms with Crippen molar-refractivity contribution in [3.63, 3.8) is 0 Å². The van der Waals surface area contributed by atoms with Gasteiger partial charge in [0.1, 0.15) is 17.2 Å². The SMILES string of the molecule is CCNC(=O)N(NC(C)=O)c1cc(Oc2ccc(C(F)(F)F)cc2Cl)ccc1[N+](=O)[O-]. The van der Waals surface area contributed by atoms with Crippen LogP contribution in [0.1, 0.15) is 19.4 Å². The van der Waals surface area contributed by atoms with Crippen LogP contribution in [0.5, 0.6) is 11.5 Å². The summed E-state index contributed by atoms with van der Waals surface area (Å²) in [5.74, 6) is -0.918. The summed E-state index contributed by atoms with van der Waals surface area (Å²) in [6.07, 6.45) is -4.60. The number of halogens is 4. The van der Waals surface area contributed by atoms with Crippen LogP contribution >= 0.6 is 11.6 Å². The number of hydrogen-bond acceptors (Lipinski definition) is 5. The third-order valence-corrected chi connectivity index (χ3v) is 3.97. The molecule has 31 heavy (non-hydrogen) atoms. The fourth-order valence-corrected chi connectivity index (χ4v) is 2.61. The van der Waals surface area contributed by atoms with Gasteiger partial charge in [0.25, 0.3) is 5.69 Å². The largest absolute Gasteiger partial charge is 0.456 e. The van der Waals surface area contributed by atoms with Crippen LogP contribution < -0.4 is 20.5 Å². The summed E-state index contributed by atoms with van der Waals surface area (Å²) in [7, 11) is 0. The molecule has 0 bridgehead atoms. The number of hydrazine groups is 1. The van der Waals surface area contributed by atoms with E-state index in [1.54, 1.807) is 6.92 Å². The molecule has 0 spiro atoms. The Bertz CT molecular complexity index is 1020. The lowest BCUT2D eigenvalue weighted by Gasteiger charge is -2.23. The smallest absolute Gasteiger partial charge is 0.416 e. The number of amides is 3. The van der Waals surface area contributed by atoms with E-state index < -0.39 is 34.3 Å². The van der Waals surface area contributed by atoms with Gasteiger partial charge in [-0.2, -0.15) is 18.2 Å². The molecule has 2 N–H and O–H groups in total. The molecule has 0 saturated carbocycles. The number of benzene rings is 2. The molecular weight excluding hydrogens is 445 g/mol. The maximum absolute atomic E-state index is 12.8. The first-order chi connectivity index (χ1) is 14.4. The Balaban J connectivity index is 2.48. The first-order valence-corrected chi connectivity index (χ1v) is 9.00. The fraction of sp³-hybridized carbons (Fsp3) is 0.222. The summed E-state index contributed by atoms with van der Waals surface area (Å²) in [4.78, 5) is 34.5. The molecule has 0 aliphatic rings. The zero-order valence-corrected chi connectivity index (χ0v) is 16.9. The van der Waals surface area contributed by atoms with Gasteiger partial charge >= 0.3 is 12.2 Å². The van der Waals surface area contributed by atoms with Crippen molar-refractivity contribution in [1.82, 2.24) is 10.7 Å². The van der Waals surface area contributed by atoms with Crippen LogP contribution in [0.15, 0.2) is 36.4 Å². The molecule has 0 radical (unpaired) electrons. The minimum atomic E-state index is -4.60. The zero-order valence-electron chi connectivity index (χ0n) is 16.1. The number of carbonyl (C=O) groups excluding carboxylic acids is 2. The molecule has 2 aromatic rings. The molecule has 0 saturated heterocycles. The van der Waals surface area contributed by atoms with Gasteiger partial charge in [-0.3, -0.25) is 20.3 Å². The van der Waals surface area contributed by atoms with E-state index in [9.17, 15) is 32.9 Å². The minimum Gasteiger partial charge on any atom is -0.456 e. The number of nitro benzene ring substituents is 1. The van der Waals surface area contributed by atoms with Crippen molar-refractivity contribution in [2.45, 2.75) is 20.0 Å². The topological polar surface area (TPSA) is 114 Å². The second kappa shape index (κ2) is 9.51. The average molecular weight is 461 g/mol. The van der Waals surface area contributed by atoms with E-state index >= 15 is 0 Å². The quantitative estimate of drug-likeness (QED) is 0.498. The third kappa shape index (κ3) is 5.98. The molecule has 13 heteroatoms. The molecule has 0 aliphatic carbocycles. The number of alkyl halides is 3. The molecule has 2 rings (SSSR count). The predicted octanol–water partition coefficient (Wildman–Crippen LogP) is 4.65. The first-order valence-electron chi connectivity index (χ1n) is 8.62. The van der Waals surface area contributed by atoms with Crippen LogP contribution in [0, 0.1) is 10.1 Å². The Morgan fingerprint density at radius 1 is 1.23 bits per heavy atom. The van der Waals surface area contributed by atoms with Gasteiger partial charge < -0.3 is 10.1 Å². The Kier molecular flexibility index (Phi) is 7.28. The van der Waals surface area contributed by atoms with Gasteiger partial charge in [-0.15, -0.1) is 0 Å². The van der Waals surface area contributed by atoms with E-state index in [1.165, 1.54) is 6.07 Å². The number of carbonyl (C=O) groups is 2. The molecule has 0 fully saturated rings. The van der Waals surface area contributed by atoms with Crippen molar-refractivity contribution in [1.29, 1.82) is 0 Å². The minimum absolute atomic E-state index is 0.0816. The Morgan fingerprint density at radius 3 is 2.42 bits per heavy atom. The second-order valence-corrected chi connectivity index (χ2v) is 6.40. The Morgan fingerprint density at radius 2 is 1.90 bits per heavy atom. The lowest BCUT2D eigenvalue weighted by molar-refractivity contribution is -0.384. The van der Waals surface area contributed by atoms with E-state index in [0.717, 1.165) is 31.2 Å². The van der Waals surface area contributed by atoms with Crippen LogP contribution in [-0.4, -0.2) is 23.4 Å². The number of anilines is 1. The number of nitrogens with zero attached hydrogens (tertiary/aromatic N) is 2. The number of nitro groups is 1. The molecule has 0 atom stereocenters. The zero-order chi connectivity index (χ0) is 23.3. The van der Waals surface area contributed by atoms with Crippen molar-refractivity contribution >= 4 is 34.9 Å². The van der Waals surface area contributed by atoms with Gasteiger partial charge in [-0.1, -0.05) is 11.6 Å². The Hall–Kier alpha value is -3.54. The number of hydrogen-bond donors (Lipinski definition) is 2. The van der Waals surface area contributed by atoms with Crippen LogP contribution in [0.3, 0.4) is 0 Å². The molecule has 9 nitrogen and oxygen atoms in total. The highest BCUT2D eigenvalue weighted by Gasteiger charge is 2.31. The average Bonchev–Trinajstić information content (AvgIpc) is 2.66. The standard InChI is InChI=1S/C18H16ClF3N4O5/c1-3-23-17(28)25(24-10(2)27)15-9-12(5-6-14(15)26(29)30)31-16-7-4-11(8-13(16)19)18(20,21)22/h4-9H,3H2,1-2H3,(H,23,28)(H,24,27). The Labute approximate surface area is 178 Å². The van der Waals surface area contributed by atoms with E-state index in [4.69, 9.17) is 16.3 Å². The molecule has 2 aromatic carbocycles. The number of urea groups is 1. The lowest BCUT2D eigenvalue weighted by Crippen LogP contribution is -2.50. The molecule has 0 heterocycles. The lowest BCUT2D eigenvalue weighted by atomic mass is 10.2. The van der Waals surface area contributed by atoms with Crippen LogP contribution in [0.4, 0.5) is 29.3 Å². The summed E-state index contributed by atoms with van der Waals surface area (Å²) in [5, 5.41) is 14.1. The molecule has 0 aliphatic heterocycles. The number of nitrogens with one attached hydrogen (secondary N) is 2. The van der Waals surface area contributed by atoms with Crippen LogP contribution in [-0.2, 0) is 11.0 Å². The van der Waals surface area contributed by atoms with Gasteiger partial charge in [0.2, 0.25) is 5.91 Å². The maximum atomic E-state index is 12.8. The normalized spacial score (nSPS) is 10.9. The van der Waals surface area contributed by atoms with E-state index in [-0.39, 0.29) is 28.8 Å². The summed E-state index contributed by atoms with van der Waals surface area (Å²) in [6, 6.07) is 4.80. The van der Waals surface area contributed by atoms with Gasteiger partial charge in [0.05, 0.1) is 15.5 Å². The molecule has 0 aromatic heterocycles. The highest BCUT2D eigenvalue weighted by atomic mass is 35.5.